The van der Waals surface area contributed by atoms with Gasteiger partial charge in [-0.1, -0.05) is 31.2 Å². The maximum atomic E-state index is 12.2. The summed E-state index contributed by atoms with van der Waals surface area (Å²) in [6.45, 7) is 2.77. The molecule has 4 rings (SSSR count). The van der Waals surface area contributed by atoms with Gasteiger partial charge in [0.2, 0.25) is 0 Å². The summed E-state index contributed by atoms with van der Waals surface area (Å²) < 4.78 is 0. The van der Waals surface area contributed by atoms with Gasteiger partial charge in [0.15, 0.2) is 0 Å². The van der Waals surface area contributed by atoms with Crippen molar-refractivity contribution in [1.29, 1.82) is 0 Å². The number of carboxylic acids is 1. The number of fused-ring (bicyclic) bond motifs is 3. The van der Waals surface area contributed by atoms with Crippen LogP contribution < -0.4 is 10.6 Å². The molecule has 1 aromatic carbocycles. The number of likely N-dealkylation sites (N-methyl/N-ethyl adjacent to an activating group) is 1. The summed E-state index contributed by atoms with van der Waals surface area (Å²) in [6.07, 6.45) is 2.72. The van der Waals surface area contributed by atoms with Gasteiger partial charge in [-0.3, -0.25) is 9.69 Å². The Morgan fingerprint density at radius 3 is 2.72 bits per heavy atom. The fraction of sp³-hybridized carbons (Fsp3) is 0.579. The molecule has 6 heteroatoms. The molecule has 1 aromatic rings. The van der Waals surface area contributed by atoms with Crippen molar-refractivity contribution in [2.45, 2.75) is 50.2 Å². The zero-order valence-corrected chi connectivity index (χ0v) is 14.4. The Kier molecular flexibility index (Phi) is 4.15. The van der Waals surface area contributed by atoms with Crippen molar-refractivity contribution < 1.29 is 14.7 Å². The summed E-state index contributed by atoms with van der Waals surface area (Å²) in [4.78, 5) is 25.1. The lowest BCUT2D eigenvalue weighted by Crippen LogP contribution is -2.56. The molecule has 3 atom stereocenters. The third-order valence-electron chi connectivity index (χ3n) is 6.05. The molecular weight excluding hydrogens is 318 g/mol. The van der Waals surface area contributed by atoms with Crippen molar-refractivity contribution in [2.75, 3.05) is 13.1 Å². The Morgan fingerprint density at radius 2 is 2.00 bits per heavy atom. The van der Waals surface area contributed by atoms with Crippen LogP contribution in [0.2, 0.25) is 0 Å². The quantitative estimate of drug-likeness (QED) is 0.732. The zero-order chi connectivity index (χ0) is 17.6. The van der Waals surface area contributed by atoms with Gasteiger partial charge in [-0.2, -0.15) is 0 Å². The van der Waals surface area contributed by atoms with Crippen molar-refractivity contribution >= 4 is 12.0 Å². The molecule has 3 N–H and O–H groups in total. The number of amides is 2. The number of carbonyl (C=O) groups excluding carboxylic acids is 1. The second-order valence-corrected chi connectivity index (χ2v) is 7.52. The van der Waals surface area contributed by atoms with Crippen LogP contribution >= 0.6 is 0 Å². The molecule has 2 amide bonds. The molecule has 2 fully saturated rings. The lowest BCUT2D eigenvalue weighted by molar-refractivity contribution is -0.139. The molecule has 0 heterocycles. The summed E-state index contributed by atoms with van der Waals surface area (Å²) in [5.41, 5.74) is 2.82. The summed E-state index contributed by atoms with van der Waals surface area (Å²) in [5.74, 6) is 0.252. The van der Waals surface area contributed by atoms with Gasteiger partial charge < -0.3 is 15.7 Å². The molecule has 0 aliphatic heterocycles. The van der Waals surface area contributed by atoms with Crippen molar-refractivity contribution in [1.82, 2.24) is 15.5 Å². The first-order chi connectivity index (χ1) is 12.1. The van der Waals surface area contributed by atoms with Crippen molar-refractivity contribution in [3.63, 3.8) is 0 Å². The number of urea groups is 1. The molecule has 25 heavy (non-hydrogen) atoms. The minimum atomic E-state index is -0.795. The van der Waals surface area contributed by atoms with Crippen LogP contribution in [0, 0.1) is 5.92 Å². The van der Waals surface area contributed by atoms with Crippen molar-refractivity contribution in [3.8, 4) is 0 Å². The number of carboxylic acid groups (broad SMARTS) is 1. The van der Waals surface area contributed by atoms with Crippen molar-refractivity contribution in [2.24, 2.45) is 5.92 Å². The number of benzene rings is 1. The highest BCUT2D eigenvalue weighted by atomic mass is 16.4. The number of carbonyl (C=O) groups is 2. The maximum Gasteiger partial charge on any atom is 0.317 e. The lowest BCUT2D eigenvalue weighted by atomic mass is 9.85. The molecule has 3 unspecified atom stereocenters. The van der Waals surface area contributed by atoms with Gasteiger partial charge in [0, 0.05) is 24.0 Å². The Bertz CT molecular complexity index is 686. The topological polar surface area (TPSA) is 81.7 Å². The van der Waals surface area contributed by atoms with E-state index in [9.17, 15) is 9.59 Å². The van der Waals surface area contributed by atoms with E-state index in [2.05, 4.69) is 34.9 Å². The molecule has 6 nitrogen and oxygen atoms in total. The zero-order valence-electron chi connectivity index (χ0n) is 14.4. The maximum absolute atomic E-state index is 12.2. The number of aliphatic carboxylic acids is 1. The van der Waals surface area contributed by atoms with Crippen LogP contribution in [0.1, 0.15) is 36.8 Å². The van der Waals surface area contributed by atoms with E-state index in [4.69, 9.17) is 5.11 Å². The van der Waals surface area contributed by atoms with Gasteiger partial charge >= 0.3 is 12.0 Å². The van der Waals surface area contributed by atoms with Crippen LogP contribution in [0.4, 0.5) is 4.79 Å². The van der Waals surface area contributed by atoms with E-state index < -0.39 is 5.97 Å². The normalized spacial score (nSPS) is 31.7. The molecule has 0 saturated heterocycles. The first kappa shape index (κ1) is 16.4. The fourth-order valence-corrected chi connectivity index (χ4v) is 4.60. The van der Waals surface area contributed by atoms with Crippen LogP contribution in [0.5, 0.6) is 0 Å². The minimum Gasteiger partial charge on any atom is -0.480 e. The summed E-state index contributed by atoms with van der Waals surface area (Å²) in [6, 6.07) is 9.11. The average Bonchev–Trinajstić information content (AvgIpc) is 3.04. The number of hydrogen-bond acceptors (Lipinski definition) is 3. The molecule has 134 valence electrons. The van der Waals surface area contributed by atoms with E-state index in [0.717, 1.165) is 25.8 Å². The Labute approximate surface area is 147 Å². The van der Waals surface area contributed by atoms with Gasteiger partial charge in [0.1, 0.15) is 0 Å². The third kappa shape index (κ3) is 3.11. The number of hydrogen-bond donors (Lipinski definition) is 3. The standard InChI is InChI=1S/C19H25N3O3/c1-2-22(10-16(23)24)13-8-12(9-13)20-19(25)21-18-15-7-11-5-3-4-6-14(11)17(15)18/h3-6,12-13,15,17-18H,2,7-10H2,1H3,(H,23,24)(H2,20,21,25). The van der Waals surface area contributed by atoms with Gasteiger partial charge in [0.05, 0.1) is 6.54 Å². The van der Waals surface area contributed by atoms with E-state index in [-0.39, 0.29) is 30.7 Å². The molecule has 3 aliphatic carbocycles. The number of nitrogens with zero attached hydrogens (tertiary/aromatic N) is 1. The summed E-state index contributed by atoms with van der Waals surface area (Å²) in [7, 11) is 0. The minimum absolute atomic E-state index is 0.0743. The van der Waals surface area contributed by atoms with Gasteiger partial charge in [-0.25, -0.2) is 4.79 Å². The van der Waals surface area contributed by atoms with E-state index in [1.165, 1.54) is 11.1 Å². The Hall–Kier alpha value is -2.08. The molecule has 0 bridgehead atoms. The smallest absolute Gasteiger partial charge is 0.317 e. The van der Waals surface area contributed by atoms with Crippen LogP contribution in [-0.2, 0) is 11.2 Å². The van der Waals surface area contributed by atoms with Crippen LogP contribution in [0.3, 0.4) is 0 Å². The fourth-order valence-electron chi connectivity index (χ4n) is 4.60. The summed E-state index contributed by atoms with van der Waals surface area (Å²) >= 11 is 0. The van der Waals surface area contributed by atoms with Gasteiger partial charge in [-0.15, -0.1) is 0 Å². The van der Waals surface area contributed by atoms with Gasteiger partial charge in [-0.05, 0) is 42.9 Å². The molecule has 2 saturated carbocycles. The molecular formula is C19H25N3O3. The monoisotopic (exact) mass is 343 g/mol. The highest BCUT2D eigenvalue weighted by Gasteiger charge is 2.56. The molecule has 0 aromatic heterocycles. The second kappa shape index (κ2) is 6.33. The lowest BCUT2D eigenvalue weighted by Gasteiger charge is -2.42. The second-order valence-electron chi connectivity index (χ2n) is 7.52. The predicted octanol–water partition coefficient (Wildman–Crippen LogP) is 1.56. The van der Waals surface area contributed by atoms with E-state index in [1.54, 1.807) is 0 Å². The SMILES string of the molecule is CCN(CC(=O)O)C1CC(NC(=O)NC2C3Cc4ccccc4C32)C1. The molecule has 0 spiro atoms. The number of nitrogens with one attached hydrogen (secondary N) is 2. The average molecular weight is 343 g/mol. The van der Waals surface area contributed by atoms with Crippen LogP contribution in [0.25, 0.3) is 0 Å². The first-order valence-electron chi connectivity index (χ1n) is 9.17. The van der Waals surface area contributed by atoms with E-state index in [1.807, 2.05) is 11.8 Å². The van der Waals surface area contributed by atoms with E-state index >= 15 is 0 Å². The highest BCUT2D eigenvalue weighted by Crippen LogP contribution is 2.56. The van der Waals surface area contributed by atoms with Gasteiger partial charge in [0.25, 0.3) is 0 Å². The van der Waals surface area contributed by atoms with Crippen LogP contribution in [0.15, 0.2) is 24.3 Å². The predicted molar refractivity (Wildman–Crippen MR) is 93.5 cm³/mol. The Morgan fingerprint density at radius 1 is 1.24 bits per heavy atom. The van der Waals surface area contributed by atoms with Crippen LogP contribution in [-0.4, -0.2) is 53.2 Å². The largest absolute Gasteiger partial charge is 0.480 e. The number of rotatable bonds is 6. The van der Waals surface area contributed by atoms with E-state index in [0.29, 0.717) is 11.8 Å². The Balaban J connectivity index is 1.21. The molecule has 0 radical (unpaired) electrons. The molecule has 3 aliphatic rings. The first-order valence-corrected chi connectivity index (χ1v) is 9.17. The van der Waals surface area contributed by atoms with Crippen molar-refractivity contribution in [3.05, 3.63) is 35.4 Å². The highest BCUT2D eigenvalue weighted by molar-refractivity contribution is 5.76. The third-order valence-corrected chi connectivity index (χ3v) is 6.05. The summed E-state index contributed by atoms with van der Waals surface area (Å²) in [5, 5.41) is 15.1.